The lowest BCUT2D eigenvalue weighted by Crippen LogP contribution is -2.52. The number of urea groups is 1. The van der Waals surface area contributed by atoms with Gasteiger partial charge in [-0.1, -0.05) is 30.3 Å². The van der Waals surface area contributed by atoms with E-state index >= 15 is 0 Å². The van der Waals surface area contributed by atoms with E-state index in [0.29, 0.717) is 12.3 Å². The van der Waals surface area contributed by atoms with Crippen LogP contribution in [0.2, 0.25) is 0 Å². The van der Waals surface area contributed by atoms with E-state index in [1.165, 1.54) is 12.5 Å². The summed E-state index contributed by atoms with van der Waals surface area (Å²) >= 11 is 0. The standard InChI is InChI=1S/C17H18F3N3O2/c18-17(19,20)12-9-13(10-12)22-16(24)23-14(15-21-6-7-25-15)8-11-4-2-1-3-5-11/h1-7,12-14H,8-10H2,(H2,22,23,24). The van der Waals surface area contributed by atoms with Gasteiger partial charge in [-0.3, -0.25) is 0 Å². The van der Waals surface area contributed by atoms with Crippen LogP contribution in [0.25, 0.3) is 0 Å². The van der Waals surface area contributed by atoms with Crippen LogP contribution < -0.4 is 10.6 Å². The van der Waals surface area contributed by atoms with Crippen molar-refractivity contribution < 1.29 is 22.4 Å². The molecule has 1 unspecified atom stereocenters. The first-order valence-electron chi connectivity index (χ1n) is 7.99. The number of halogens is 3. The van der Waals surface area contributed by atoms with Crippen LogP contribution in [0.1, 0.15) is 30.3 Å². The van der Waals surface area contributed by atoms with Crippen molar-refractivity contribution in [3.63, 3.8) is 0 Å². The maximum Gasteiger partial charge on any atom is 0.391 e. The maximum atomic E-state index is 12.5. The quantitative estimate of drug-likeness (QED) is 0.863. The van der Waals surface area contributed by atoms with Crippen molar-refractivity contribution in [1.29, 1.82) is 0 Å². The zero-order chi connectivity index (χ0) is 17.9. The van der Waals surface area contributed by atoms with Crippen molar-refractivity contribution in [1.82, 2.24) is 15.6 Å². The van der Waals surface area contributed by atoms with Crippen LogP contribution in [0.5, 0.6) is 0 Å². The summed E-state index contributed by atoms with van der Waals surface area (Å²) in [4.78, 5) is 16.2. The first-order valence-corrected chi connectivity index (χ1v) is 7.99. The Bertz CT molecular complexity index is 683. The molecule has 0 radical (unpaired) electrons. The van der Waals surface area contributed by atoms with E-state index in [4.69, 9.17) is 4.42 Å². The third-order valence-electron chi connectivity index (χ3n) is 4.27. The predicted octanol–water partition coefficient (Wildman–Crippen LogP) is 3.60. The Morgan fingerprint density at radius 2 is 2.00 bits per heavy atom. The number of carbonyl (C=O) groups is 1. The van der Waals surface area contributed by atoms with Crippen LogP contribution in [0.15, 0.2) is 47.2 Å². The summed E-state index contributed by atoms with van der Waals surface area (Å²) in [5.74, 6) is -0.981. The highest BCUT2D eigenvalue weighted by molar-refractivity contribution is 5.74. The average Bonchev–Trinajstić information content (AvgIpc) is 3.04. The number of rotatable bonds is 5. The molecule has 2 N–H and O–H groups in total. The molecular weight excluding hydrogens is 335 g/mol. The van der Waals surface area contributed by atoms with Gasteiger partial charge in [-0.05, 0) is 18.4 Å². The zero-order valence-corrected chi connectivity index (χ0v) is 13.3. The monoisotopic (exact) mass is 353 g/mol. The van der Waals surface area contributed by atoms with E-state index in [0.717, 1.165) is 5.56 Å². The fraction of sp³-hybridized carbons (Fsp3) is 0.412. The van der Waals surface area contributed by atoms with Crippen LogP contribution in [0, 0.1) is 5.92 Å². The lowest BCUT2D eigenvalue weighted by Gasteiger charge is -2.37. The average molecular weight is 353 g/mol. The highest BCUT2D eigenvalue weighted by Crippen LogP contribution is 2.40. The summed E-state index contributed by atoms with van der Waals surface area (Å²) in [6.45, 7) is 0. The molecule has 1 fully saturated rings. The summed E-state index contributed by atoms with van der Waals surface area (Å²) in [6, 6.07) is 7.98. The van der Waals surface area contributed by atoms with Crippen molar-refractivity contribution in [2.24, 2.45) is 5.92 Å². The number of nitrogens with zero attached hydrogens (tertiary/aromatic N) is 1. The first-order chi connectivity index (χ1) is 11.9. The number of benzene rings is 1. The zero-order valence-electron chi connectivity index (χ0n) is 13.3. The SMILES string of the molecule is O=C(NC1CC(C(F)(F)F)C1)NC(Cc1ccccc1)c1ncco1. The molecule has 1 aromatic carbocycles. The van der Waals surface area contributed by atoms with Gasteiger partial charge in [0.1, 0.15) is 12.3 Å². The minimum absolute atomic E-state index is 0.0841. The Labute approximate surface area is 142 Å². The van der Waals surface area contributed by atoms with E-state index < -0.39 is 30.2 Å². The van der Waals surface area contributed by atoms with Crippen LogP contribution in [-0.4, -0.2) is 23.2 Å². The number of nitrogens with one attached hydrogen (secondary N) is 2. The van der Waals surface area contributed by atoms with Gasteiger partial charge in [0.2, 0.25) is 5.89 Å². The van der Waals surface area contributed by atoms with Crippen LogP contribution in [0.3, 0.4) is 0 Å². The lowest BCUT2D eigenvalue weighted by molar-refractivity contribution is -0.198. The van der Waals surface area contributed by atoms with Crippen molar-refractivity contribution >= 4 is 6.03 Å². The Balaban J connectivity index is 1.56. The molecule has 1 atom stereocenters. The predicted molar refractivity (Wildman–Crippen MR) is 83.6 cm³/mol. The molecule has 1 aliphatic rings. The number of alkyl halides is 3. The number of amides is 2. The number of hydrogen-bond acceptors (Lipinski definition) is 3. The summed E-state index contributed by atoms with van der Waals surface area (Å²) < 4.78 is 42.8. The van der Waals surface area contributed by atoms with Crippen LogP contribution in [0.4, 0.5) is 18.0 Å². The van der Waals surface area contributed by atoms with Crippen LogP contribution in [-0.2, 0) is 6.42 Å². The maximum absolute atomic E-state index is 12.5. The normalized spacial score (nSPS) is 21.2. The molecule has 2 amide bonds. The molecule has 5 nitrogen and oxygen atoms in total. The van der Waals surface area contributed by atoms with Gasteiger partial charge in [-0.2, -0.15) is 13.2 Å². The second-order valence-corrected chi connectivity index (χ2v) is 6.14. The molecule has 3 rings (SSSR count). The van der Waals surface area contributed by atoms with E-state index in [9.17, 15) is 18.0 Å². The van der Waals surface area contributed by atoms with E-state index in [-0.39, 0.29) is 12.8 Å². The fourth-order valence-electron chi connectivity index (χ4n) is 2.84. The second kappa shape index (κ2) is 7.16. The number of carbonyl (C=O) groups excluding carboxylic acids is 1. The van der Waals surface area contributed by atoms with Gasteiger partial charge < -0.3 is 15.1 Å². The van der Waals surface area contributed by atoms with Crippen molar-refractivity contribution in [2.45, 2.75) is 37.5 Å². The van der Waals surface area contributed by atoms with E-state index in [2.05, 4.69) is 15.6 Å². The van der Waals surface area contributed by atoms with Gasteiger partial charge >= 0.3 is 12.2 Å². The summed E-state index contributed by atoms with van der Waals surface area (Å²) in [5, 5.41) is 5.31. The first kappa shape index (κ1) is 17.3. The molecule has 1 aromatic heterocycles. The molecule has 0 bridgehead atoms. The smallest absolute Gasteiger partial charge is 0.391 e. The van der Waals surface area contributed by atoms with Crippen molar-refractivity contribution in [3.8, 4) is 0 Å². The molecule has 0 spiro atoms. The van der Waals surface area contributed by atoms with E-state index in [1.54, 1.807) is 0 Å². The molecule has 2 aromatic rings. The molecule has 0 saturated heterocycles. The van der Waals surface area contributed by atoms with Gasteiger partial charge in [-0.15, -0.1) is 0 Å². The molecule has 0 aliphatic heterocycles. The fourth-order valence-corrected chi connectivity index (χ4v) is 2.84. The molecule has 25 heavy (non-hydrogen) atoms. The minimum atomic E-state index is -4.19. The van der Waals surface area contributed by atoms with E-state index in [1.807, 2.05) is 30.3 Å². The topological polar surface area (TPSA) is 67.2 Å². The third-order valence-corrected chi connectivity index (χ3v) is 4.27. The third kappa shape index (κ3) is 4.52. The highest BCUT2D eigenvalue weighted by atomic mass is 19.4. The van der Waals surface area contributed by atoms with Crippen molar-refractivity contribution in [2.75, 3.05) is 0 Å². The van der Waals surface area contributed by atoms with Crippen molar-refractivity contribution in [3.05, 3.63) is 54.2 Å². The summed E-state index contributed by atoms with van der Waals surface area (Å²) in [7, 11) is 0. The van der Waals surface area contributed by atoms with Gasteiger partial charge in [-0.25, -0.2) is 9.78 Å². The molecule has 1 saturated carbocycles. The largest absolute Gasteiger partial charge is 0.447 e. The number of aromatic nitrogens is 1. The molecular formula is C17H18F3N3O2. The van der Waals surface area contributed by atoms with Gasteiger partial charge in [0.05, 0.1) is 12.1 Å². The summed E-state index contributed by atoms with van der Waals surface area (Å²) in [6.07, 6.45) is -1.01. The van der Waals surface area contributed by atoms with Gasteiger partial charge in [0.15, 0.2) is 0 Å². The van der Waals surface area contributed by atoms with Gasteiger partial charge in [0.25, 0.3) is 0 Å². The number of oxazole rings is 1. The Hall–Kier alpha value is -2.51. The molecule has 8 heteroatoms. The molecule has 1 aliphatic carbocycles. The Morgan fingerprint density at radius 1 is 1.28 bits per heavy atom. The minimum Gasteiger partial charge on any atom is -0.447 e. The lowest BCUT2D eigenvalue weighted by atomic mass is 9.80. The summed E-state index contributed by atoms with van der Waals surface area (Å²) in [5.41, 5.74) is 0.978. The van der Waals surface area contributed by atoms with Gasteiger partial charge in [0, 0.05) is 12.5 Å². The highest BCUT2D eigenvalue weighted by Gasteiger charge is 2.48. The Morgan fingerprint density at radius 3 is 2.60 bits per heavy atom. The van der Waals surface area contributed by atoms with Crippen LogP contribution >= 0.6 is 0 Å². The Kier molecular flexibility index (Phi) is 4.96. The second-order valence-electron chi connectivity index (χ2n) is 6.14. The molecule has 134 valence electrons. The number of hydrogen-bond donors (Lipinski definition) is 2. The molecule has 1 heterocycles.